The molecule has 0 spiro atoms. The summed E-state index contributed by atoms with van der Waals surface area (Å²) >= 11 is 5.12. The summed E-state index contributed by atoms with van der Waals surface area (Å²) in [5, 5.41) is 3.00. The number of pyridine rings is 1. The van der Waals surface area contributed by atoms with Crippen molar-refractivity contribution in [3.05, 3.63) is 29.6 Å². The molecule has 96 valence electrons. The summed E-state index contributed by atoms with van der Waals surface area (Å²) in [5.41, 5.74) is 6.59. The topological polar surface area (TPSA) is 68.0 Å². The predicted octanol–water partition coefficient (Wildman–Crippen LogP) is 1.72. The lowest BCUT2D eigenvalue weighted by Crippen LogP contribution is -2.54. The van der Waals surface area contributed by atoms with Crippen LogP contribution >= 0.6 is 12.2 Å². The van der Waals surface area contributed by atoms with E-state index in [0.717, 1.165) is 25.7 Å². The van der Waals surface area contributed by atoms with Gasteiger partial charge in [-0.1, -0.05) is 25.1 Å². The van der Waals surface area contributed by atoms with Gasteiger partial charge in [0.25, 0.3) is 5.91 Å². The monoisotopic (exact) mass is 263 g/mol. The second-order valence-corrected chi connectivity index (χ2v) is 5.18. The largest absolute Gasteiger partial charge is 0.391 e. The van der Waals surface area contributed by atoms with E-state index >= 15 is 0 Å². The Morgan fingerprint density at radius 3 is 2.72 bits per heavy atom. The van der Waals surface area contributed by atoms with Crippen LogP contribution in [0.25, 0.3) is 0 Å². The minimum absolute atomic E-state index is 0.143. The third kappa shape index (κ3) is 2.36. The first-order chi connectivity index (χ1) is 8.55. The van der Waals surface area contributed by atoms with Crippen LogP contribution in [0, 0.1) is 6.92 Å². The maximum absolute atomic E-state index is 12.3. The summed E-state index contributed by atoms with van der Waals surface area (Å²) in [6.07, 6.45) is 5.42. The summed E-state index contributed by atoms with van der Waals surface area (Å²) in [7, 11) is 0. The zero-order chi connectivity index (χ0) is 13.2. The van der Waals surface area contributed by atoms with Gasteiger partial charge in [-0.2, -0.15) is 0 Å². The molecule has 18 heavy (non-hydrogen) atoms. The van der Waals surface area contributed by atoms with Crippen LogP contribution in [-0.4, -0.2) is 21.4 Å². The lowest BCUT2D eigenvalue weighted by atomic mass is 9.97. The molecule has 0 radical (unpaired) electrons. The molecule has 0 bridgehead atoms. The number of nitrogens with zero attached hydrogens (tertiary/aromatic N) is 1. The number of nitrogens with one attached hydrogen (secondary N) is 1. The van der Waals surface area contributed by atoms with Gasteiger partial charge >= 0.3 is 0 Å². The fourth-order valence-corrected chi connectivity index (χ4v) is 2.68. The molecule has 1 fully saturated rings. The van der Waals surface area contributed by atoms with Crippen molar-refractivity contribution in [3.8, 4) is 0 Å². The molecule has 0 aliphatic heterocycles. The van der Waals surface area contributed by atoms with E-state index < -0.39 is 5.54 Å². The number of rotatable bonds is 3. The number of hydrogen-bond acceptors (Lipinski definition) is 3. The number of thiocarbonyl (C=S) groups is 1. The summed E-state index contributed by atoms with van der Waals surface area (Å²) in [6.45, 7) is 1.82. The van der Waals surface area contributed by atoms with Crippen LogP contribution < -0.4 is 11.1 Å². The molecule has 0 atom stereocenters. The molecule has 1 saturated carbocycles. The maximum atomic E-state index is 12.3. The van der Waals surface area contributed by atoms with Crippen molar-refractivity contribution >= 4 is 23.1 Å². The Morgan fingerprint density at radius 1 is 1.50 bits per heavy atom. The van der Waals surface area contributed by atoms with Crippen LogP contribution in [0.3, 0.4) is 0 Å². The minimum atomic E-state index is -0.505. The van der Waals surface area contributed by atoms with Crippen LogP contribution in [0.4, 0.5) is 0 Å². The first-order valence-corrected chi connectivity index (χ1v) is 6.50. The normalized spacial score (nSPS) is 17.4. The van der Waals surface area contributed by atoms with Crippen molar-refractivity contribution in [2.75, 3.05) is 0 Å². The van der Waals surface area contributed by atoms with Gasteiger partial charge in [0.15, 0.2) is 0 Å². The van der Waals surface area contributed by atoms with E-state index in [1.54, 1.807) is 18.3 Å². The van der Waals surface area contributed by atoms with Crippen LogP contribution in [0.15, 0.2) is 18.3 Å². The van der Waals surface area contributed by atoms with Crippen molar-refractivity contribution in [2.24, 2.45) is 5.73 Å². The van der Waals surface area contributed by atoms with Gasteiger partial charge in [0, 0.05) is 11.9 Å². The number of amides is 1. The summed E-state index contributed by atoms with van der Waals surface area (Å²) in [5.74, 6) is -0.143. The molecule has 1 aromatic heterocycles. The van der Waals surface area contributed by atoms with E-state index in [4.69, 9.17) is 18.0 Å². The molecular weight excluding hydrogens is 246 g/mol. The Labute approximate surface area is 112 Å². The highest BCUT2D eigenvalue weighted by atomic mass is 32.1. The summed E-state index contributed by atoms with van der Waals surface area (Å²) < 4.78 is 0. The Morgan fingerprint density at radius 2 is 2.17 bits per heavy atom. The third-order valence-corrected chi connectivity index (χ3v) is 3.92. The SMILES string of the molecule is Cc1ncccc1C(=O)NC1(C(N)=S)CCCC1. The van der Waals surface area contributed by atoms with Gasteiger partial charge < -0.3 is 11.1 Å². The van der Waals surface area contributed by atoms with Gasteiger partial charge in [-0.25, -0.2) is 0 Å². The Kier molecular flexibility index (Phi) is 3.61. The van der Waals surface area contributed by atoms with E-state index in [9.17, 15) is 4.79 Å². The quantitative estimate of drug-likeness (QED) is 0.815. The van der Waals surface area contributed by atoms with Crippen molar-refractivity contribution < 1.29 is 4.79 Å². The Bertz CT molecular complexity index is 481. The predicted molar refractivity (Wildman–Crippen MR) is 74.4 cm³/mol. The molecule has 1 amide bonds. The van der Waals surface area contributed by atoms with Crippen LogP contribution in [0.2, 0.25) is 0 Å². The third-order valence-electron chi connectivity index (χ3n) is 3.53. The van der Waals surface area contributed by atoms with Crippen molar-refractivity contribution in [2.45, 2.75) is 38.1 Å². The lowest BCUT2D eigenvalue weighted by molar-refractivity contribution is 0.0923. The summed E-state index contributed by atoms with van der Waals surface area (Å²) in [6, 6.07) is 3.52. The van der Waals surface area contributed by atoms with E-state index in [0.29, 0.717) is 16.2 Å². The zero-order valence-corrected chi connectivity index (χ0v) is 11.2. The number of hydrogen-bond donors (Lipinski definition) is 2. The maximum Gasteiger partial charge on any atom is 0.253 e. The fourth-order valence-electron chi connectivity index (χ4n) is 2.42. The zero-order valence-electron chi connectivity index (χ0n) is 10.4. The molecule has 0 unspecified atom stereocenters. The Balaban J connectivity index is 2.21. The van der Waals surface area contributed by atoms with Gasteiger partial charge in [0.1, 0.15) is 0 Å². The number of nitrogens with two attached hydrogens (primary N) is 1. The summed E-state index contributed by atoms with van der Waals surface area (Å²) in [4.78, 5) is 16.8. The Hall–Kier alpha value is -1.49. The van der Waals surface area contributed by atoms with E-state index in [1.165, 1.54) is 0 Å². The molecular formula is C13H17N3OS. The van der Waals surface area contributed by atoms with Gasteiger partial charge in [-0.3, -0.25) is 9.78 Å². The highest BCUT2D eigenvalue weighted by molar-refractivity contribution is 7.80. The van der Waals surface area contributed by atoms with Crippen molar-refractivity contribution in [1.29, 1.82) is 0 Å². The van der Waals surface area contributed by atoms with Crippen molar-refractivity contribution in [3.63, 3.8) is 0 Å². The lowest BCUT2D eigenvalue weighted by Gasteiger charge is -2.29. The molecule has 1 aliphatic carbocycles. The van der Waals surface area contributed by atoms with Crippen LogP contribution in [-0.2, 0) is 0 Å². The van der Waals surface area contributed by atoms with E-state index in [1.807, 2.05) is 6.92 Å². The number of carbonyl (C=O) groups is 1. The molecule has 0 saturated heterocycles. The molecule has 0 aromatic carbocycles. The first-order valence-electron chi connectivity index (χ1n) is 6.09. The standard InChI is InChI=1S/C13H17N3OS/c1-9-10(5-4-8-15-9)11(17)16-13(12(14)18)6-2-3-7-13/h4-5,8H,2-3,6-7H2,1H3,(H2,14,18)(H,16,17). The molecule has 3 N–H and O–H groups in total. The number of aromatic nitrogens is 1. The second-order valence-electron chi connectivity index (χ2n) is 4.74. The molecule has 1 heterocycles. The second kappa shape index (κ2) is 5.02. The van der Waals surface area contributed by atoms with Gasteiger partial charge in [0.05, 0.1) is 16.1 Å². The van der Waals surface area contributed by atoms with Gasteiger partial charge in [-0.15, -0.1) is 0 Å². The molecule has 5 heteroatoms. The van der Waals surface area contributed by atoms with E-state index in [2.05, 4.69) is 10.3 Å². The smallest absolute Gasteiger partial charge is 0.253 e. The first kappa shape index (κ1) is 13.0. The number of aryl methyl sites for hydroxylation is 1. The highest BCUT2D eigenvalue weighted by Crippen LogP contribution is 2.30. The molecule has 4 nitrogen and oxygen atoms in total. The fraction of sp³-hybridized carbons (Fsp3) is 0.462. The van der Waals surface area contributed by atoms with Crippen LogP contribution in [0.5, 0.6) is 0 Å². The van der Waals surface area contributed by atoms with Gasteiger partial charge in [-0.05, 0) is 31.9 Å². The molecule has 1 aliphatic rings. The average molecular weight is 263 g/mol. The van der Waals surface area contributed by atoms with E-state index in [-0.39, 0.29) is 5.91 Å². The highest BCUT2D eigenvalue weighted by Gasteiger charge is 2.38. The molecule has 2 rings (SSSR count). The van der Waals surface area contributed by atoms with Gasteiger partial charge in [0.2, 0.25) is 0 Å². The minimum Gasteiger partial charge on any atom is -0.391 e. The van der Waals surface area contributed by atoms with Crippen LogP contribution in [0.1, 0.15) is 41.7 Å². The average Bonchev–Trinajstić information content (AvgIpc) is 2.79. The number of carbonyl (C=O) groups excluding carboxylic acids is 1. The van der Waals surface area contributed by atoms with Crippen molar-refractivity contribution in [1.82, 2.24) is 10.3 Å². The molecule has 1 aromatic rings.